The van der Waals surface area contributed by atoms with Crippen LogP contribution in [0.5, 0.6) is 0 Å². The van der Waals surface area contributed by atoms with Crippen molar-refractivity contribution in [3.63, 3.8) is 0 Å². The van der Waals surface area contributed by atoms with Crippen LogP contribution >= 0.6 is 0 Å². The van der Waals surface area contributed by atoms with Crippen LogP contribution in [-0.4, -0.2) is 48.0 Å². The zero-order chi connectivity index (χ0) is 15.3. The molecular weight excluding hydrogens is 264 g/mol. The van der Waals surface area contributed by atoms with Crippen LogP contribution in [0.25, 0.3) is 0 Å². The maximum absolute atomic E-state index is 11.9. The molecule has 0 radical (unpaired) electrons. The van der Waals surface area contributed by atoms with E-state index in [2.05, 4.69) is 10.3 Å². The minimum Gasteiger partial charge on any atom is -0.480 e. The van der Waals surface area contributed by atoms with Gasteiger partial charge in [-0.25, -0.2) is 9.78 Å². The van der Waals surface area contributed by atoms with E-state index in [1.165, 1.54) is 18.3 Å². The number of rotatable bonds is 6. The lowest BCUT2D eigenvalue weighted by atomic mass is 10.1. The fourth-order valence-electron chi connectivity index (χ4n) is 1.45. The van der Waals surface area contributed by atoms with Gasteiger partial charge >= 0.3 is 5.97 Å². The number of aliphatic carboxylic acids is 1. The first kappa shape index (κ1) is 15.4. The summed E-state index contributed by atoms with van der Waals surface area (Å²) in [6, 6.07) is 1.61. The summed E-state index contributed by atoms with van der Waals surface area (Å²) in [5.74, 6) is -2.18. The molecule has 1 rings (SSSR count). The van der Waals surface area contributed by atoms with Crippen LogP contribution in [-0.2, 0) is 9.59 Å². The molecule has 0 fully saturated rings. The maximum atomic E-state index is 11.9. The second-order valence-electron chi connectivity index (χ2n) is 4.33. The molecule has 0 aliphatic carbocycles. The first-order chi connectivity index (χ1) is 9.31. The van der Waals surface area contributed by atoms with Gasteiger partial charge in [-0.2, -0.15) is 0 Å². The van der Waals surface area contributed by atoms with Crippen LogP contribution in [0, 0.1) is 0 Å². The number of nitrogens with zero attached hydrogens (tertiary/aromatic N) is 2. The van der Waals surface area contributed by atoms with E-state index in [1.54, 1.807) is 19.0 Å². The molecule has 0 unspecified atom stereocenters. The number of aromatic nitrogens is 1. The third-order valence-corrected chi connectivity index (χ3v) is 2.47. The Bertz CT molecular complexity index is 530. The molecule has 1 atom stereocenters. The molecule has 108 valence electrons. The zero-order valence-electron chi connectivity index (χ0n) is 11.2. The molecule has 8 heteroatoms. The second kappa shape index (κ2) is 6.50. The molecule has 0 aliphatic rings. The number of carboxylic acid groups (broad SMARTS) is 1. The summed E-state index contributed by atoms with van der Waals surface area (Å²) >= 11 is 0. The highest BCUT2D eigenvalue weighted by Gasteiger charge is 2.22. The van der Waals surface area contributed by atoms with Gasteiger partial charge < -0.3 is 21.1 Å². The van der Waals surface area contributed by atoms with Crippen molar-refractivity contribution in [1.82, 2.24) is 10.3 Å². The van der Waals surface area contributed by atoms with Gasteiger partial charge in [0.05, 0.1) is 6.42 Å². The normalized spacial score (nSPS) is 11.5. The average Bonchev–Trinajstić information content (AvgIpc) is 2.37. The monoisotopic (exact) mass is 280 g/mol. The fourth-order valence-corrected chi connectivity index (χ4v) is 1.45. The van der Waals surface area contributed by atoms with Crippen molar-refractivity contribution in [2.75, 3.05) is 19.0 Å². The second-order valence-corrected chi connectivity index (χ2v) is 4.33. The third-order valence-electron chi connectivity index (χ3n) is 2.47. The number of carboxylic acids is 1. The standard InChI is InChI=1S/C12H16N4O4/c1-16(2)10-5-7(3-4-14-10)11(18)15-8(12(19)20)6-9(13)17/h3-5,8H,6H2,1-2H3,(H2,13,17)(H,15,18)(H,19,20)/t8-/m1/s1. The highest BCUT2D eigenvalue weighted by atomic mass is 16.4. The highest BCUT2D eigenvalue weighted by Crippen LogP contribution is 2.09. The number of primary amides is 1. The fraction of sp³-hybridized carbons (Fsp3) is 0.333. The SMILES string of the molecule is CN(C)c1cc(C(=O)N[C@H](CC(N)=O)C(=O)O)ccn1. The number of carbonyl (C=O) groups is 3. The molecule has 1 aromatic rings. The molecule has 0 spiro atoms. The van der Waals surface area contributed by atoms with Crippen molar-refractivity contribution < 1.29 is 19.5 Å². The maximum Gasteiger partial charge on any atom is 0.326 e. The van der Waals surface area contributed by atoms with Crippen molar-refractivity contribution in [1.29, 1.82) is 0 Å². The lowest BCUT2D eigenvalue weighted by Crippen LogP contribution is -2.43. The molecule has 0 saturated heterocycles. The van der Waals surface area contributed by atoms with E-state index >= 15 is 0 Å². The van der Waals surface area contributed by atoms with Crippen LogP contribution < -0.4 is 16.0 Å². The average molecular weight is 280 g/mol. The third kappa shape index (κ3) is 4.23. The van der Waals surface area contributed by atoms with E-state index in [1.807, 2.05) is 0 Å². The number of nitrogens with one attached hydrogen (secondary N) is 1. The highest BCUT2D eigenvalue weighted by molar-refractivity contribution is 5.98. The molecule has 2 amide bonds. The van der Waals surface area contributed by atoms with Crippen LogP contribution in [0.4, 0.5) is 5.82 Å². The van der Waals surface area contributed by atoms with Crippen LogP contribution in [0.15, 0.2) is 18.3 Å². The molecule has 1 heterocycles. The molecular formula is C12H16N4O4. The van der Waals surface area contributed by atoms with Gasteiger partial charge in [0.1, 0.15) is 11.9 Å². The summed E-state index contributed by atoms with van der Waals surface area (Å²) in [6.45, 7) is 0. The summed E-state index contributed by atoms with van der Waals surface area (Å²) in [5, 5.41) is 11.2. The van der Waals surface area contributed by atoms with E-state index in [0.717, 1.165) is 0 Å². The van der Waals surface area contributed by atoms with Gasteiger partial charge in [0.25, 0.3) is 5.91 Å². The molecule has 0 aliphatic heterocycles. The quantitative estimate of drug-likeness (QED) is 0.626. The lowest BCUT2D eigenvalue weighted by Gasteiger charge is -2.14. The lowest BCUT2D eigenvalue weighted by molar-refractivity contribution is -0.140. The Hall–Kier alpha value is -2.64. The predicted molar refractivity (Wildman–Crippen MR) is 71.3 cm³/mol. The minimum absolute atomic E-state index is 0.249. The predicted octanol–water partition coefficient (Wildman–Crippen LogP) is -0.794. The van der Waals surface area contributed by atoms with E-state index in [9.17, 15) is 14.4 Å². The van der Waals surface area contributed by atoms with Crippen molar-refractivity contribution in [3.8, 4) is 0 Å². The summed E-state index contributed by atoms with van der Waals surface area (Å²) in [4.78, 5) is 39.4. The Morgan fingerprint density at radius 3 is 2.60 bits per heavy atom. The minimum atomic E-state index is -1.35. The van der Waals surface area contributed by atoms with E-state index in [-0.39, 0.29) is 5.56 Å². The Labute approximate surface area is 115 Å². The number of amides is 2. The Balaban J connectivity index is 2.86. The topological polar surface area (TPSA) is 126 Å². The Kier molecular flexibility index (Phi) is 5.01. The zero-order valence-corrected chi connectivity index (χ0v) is 11.2. The van der Waals surface area contributed by atoms with Crippen LogP contribution in [0.3, 0.4) is 0 Å². The van der Waals surface area contributed by atoms with Crippen molar-refractivity contribution in [2.24, 2.45) is 5.73 Å². The number of hydrogen-bond donors (Lipinski definition) is 3. The largest absolute Gasteiger partial charge is 0.480 e. The van der Waals surface area contributed by atoms with Gasteiger partial charge in [-0.3, -0.25) is 9.59 Å². The molecule has 0 bridgehead atoms. The van der Waals surface area contributed by atoms with Gasteiger partial charge in [0.2, 0.25) is 5.91 Å². The van der Waals surface area contributed by atoms with Gasteiger partial charge in [0, 0.05) is 25.9 Å². The van der Waals surface area contributed by atoms with Crippen LogP contribution in [0.1, 0.15) is 16.8 Å². The molecule has 1 aromatic heterocycles. The number of anilines is 1. The summed E-state index contributed by atoms with van der Waals surface area (Å²) in [5.41, 5.74) is 5.19. The van der Waals surface area contributed by atoms with Gasteiger partial charge in [-0.05, 0) is 12.1 Å². The number of carbonyl (C=O) groups excluding carboxylic acids is 2. The Morgan fingerprint density at radius 1 is 1.45 bits per heavy atom. The van der Waals surface area contributed by atoms with E-state index < -0.39 is 30.2 Å². The van der Waals surface area contributed by atoms with E-state index in [0.29, 0.717) is 5.82 Å². The summed E-state index contributed by atoms with van der Waals surface area (Å²) in [6.07, 6.45) is 0.973. The molecule has 0 aromatic carbocycles. The van der Waals surface area contributed by atoms with Crippen molar-refractivity contribution in [3.05, 3.63) is 23.9 Å². The van der Waals surface area contributed by atoms with Gasteiger partial charge in [0.15, 0.2) is 0 Å². The molecule has 0 saturated carbocycles. The molecule has 20 heavy (non-hydrogen) atoms. The Morgan fingerprint density at radius 2 is 2.10 bits per heavy atom. The number of hydrogen-bond acceptors (Lipinski definition) is 5. The smallest absolute Gasteiger partial charge is 0.326 e. The van der Waals surface area contributed by atoms with Crippen molar-refractivity contribution in [2.45, 2.75) is 12.5 Å². The molecule has 4 N–H and O–H groups in total. The molecule has 8 nitrogen and oxygen atoms in total. The van der Waals surface area contributed by atoms with Gasteiger partial charge in [-0.1, -0.05) is 0 Å². The van der Waals surface area contributed by atoms with Crippen LogP contribution in [0.2, 0.25) is 0 Å². The number of pyridine rings is 1. The summed E-state index contributed by atoms with van der Waals surface area (Å²) < 4.78 is 0. The van der Waals surface area contributed by atoms with Gasteiger partial charge in [-0.15, -0.1) is 0 Å². The van der Waals surface area contributed by atoms with E-state index in [4.69, 9.17) is 10.8 Å². The number of nitrogens with two attached hydrogens (primary N) is 1. The first-order valence-electron chi connectivity index (χ1n) is 5.76. The summed E-state index contributed by atoms with van der Waals surface area (Å²) in [7, 11) is 3.52. The van der Waals surface area contributed by atoms with Crippen molar-refractivity contribution >= 4 is 23.6 Å². The first-order valence-corrected chi connectivity index (χ1v) is 5.76.